The molecular weight excluding hydrogens is 384 g/mol. The summed E-state index contributed by atoms with van der Waals surface area (Å²) in [5, 5.41) is 10.1. The predicted octanol–water partition coefficient (Wildman–Crippen LogP) is 5.50. The number of rotatable bonds is 4. The summed E-state index contributed by atoms with van der Waals surface area (Å²) in [7, 11) is 0. The van der Waals surface area contributed by atoms with Gasteiger partial charge >= 0.3 is 0 Å². The van der Waals surface area contributed by atoms with E-state index >= 15 is 0 Å². The van der Waals surface area contributed by atoms with Crippen LogP contribution in [0, 0.1) is 0 Å². The first-order valence-electron chi connectivity index (χ1n) is 10.0. The number of nitrogens with zero attached hydrogens (tertiary/aromatic N) is 5. The summed E-state index contributed by atoms with van der Waals surface area (Å²) in [5.41, 5.74) is 5.18. The van der Waals surface area contributed by atoms with E-state index in [-0.39, 0.29) is 0 Å². The molecule has 0 amide bonds. The van der Waals surface area contributed by atoms with Crippen LogP contribution in [0.3, 0.4) is 0 Å². The van der Waals surface area contributed by atoms with Crippen molar-refractivity contribution in [2.24, 2.45) is 0 Å². The smallest absolute Gasteiger partial charge is 0.138 e. The van der Waals surface area contributed by atoms with Gasteiger partial charge in [-0.3, -0.25) is 4.57 Å². The summed E-state index contributed by atoms with van der Waals surface area (Å²) in [6.07, 6.45) is 5.05. The van der Waals surface area contributed by atoms with Crippen molar-refractivity contribution in [3.8, 4) is 11.5 Å². The number of hydrogen-bond acceptors (Lipinski definition) is 4. The van der Waals surface area contributed by atoms with Crippen molar-refractivity contribution >= 4 is 33.2 Å². The highest BCUT2D eigenvalue weighted by atomic mass is 15.3. The lowest BCUT2D eigenvalue weighted by Gasteiger charge is -2.10. The quantitative estimate of drug-likeness (QED) is 0.423. The maximum atomic E-state index is 4.60. The van der Waals surface area contributed by atoms with Gasteiger partial charge < -0.3 is 5.32 Å². The molecule has 0 saturated carbocycles. The van der Waals surface area contributed by atoms with E-state index in [1.807, 2.05) is 48.7 Å². The summed E-state index contributed by atoms with van der Waals surface area (Å²) in [4.78, 5) is 8.63. The largest absolute Gasteiger partial charge is 0.355 e. The van der Waals surface area contributed by atoms with Crippen molar-refractivity contribution in [3.05, 3.63) is 104 Å². The minimum Gasteiger partial charge on any atom is -0.355 e. The zero-order valence-electron chi connectivity index (χ0n) is 16.6. The van der Waals surface area contributed by atoms with Gasteiger partial charge in [0.25, 0.3) is 0 Å². The average Bonchev–Trinajstić information content (AvgIpc) is 3.46. The molecular formula is C25H18N6. The standard InChI is InChI=1S/C25H18N6/c1-2-9-23-21(8-1)22-12-11-19(15-24(22)31(23)25-10-3-4-13-27-25)29-18-6-5-7-20(14-18)30-17-26-16-28-30/h1-17,29H. The van der Waals surface area contributed by atoms with Crippen LogP contribution in [0.2, 0.25) is 0 Å². The second-order valence-electron chi connectivity index (χ2n) is 7.29. The third kappa shape index (κ3) is 3.02. The van der Waals surface area contributed by atoms with E-state index < -0.39 is 0 Å². The minimum atomic E-state index is 0.902. The second kappa shape index (κ2) is 7.11. The average molecular weight is 402 g/mol. The molecule has 0 unspecified atom stereocenters. The minimum absolute atomic E-state index is 0.902. The topological polar surface area (TPSA) is 60.6 Å². The van der Waals surface area contributed by atoms with Crippen molar-refractivity contribution in [2.45, 2.75) is 0 Å². The summed E-state index contributed by atoms with van der Waals surface area (Å²) in [6, 6.07) is 29.0. The lowest BCUT2D eigenvalue weighted by Crippen LogP contribution is -1.98. The van der Waals surface area contributed by atoms with Gasteiger partial charge in [-0.2, -0.15) is 5.10 Å². The highest BCUT2D eigenvalue weighted by molar-refractivity contribution is 6.10. The molecule has 1 N–H and O–H groups in total. The van der Waals surface area contributed by atoms with Crippen molar-refractivity contribution in [3.63, 3.8) is 0 Å². The molecule has 31 heavy (non-hydrogen) atoms. The van der Waals surface area contributed by atoms with Gasteiger partial charge in [0, 0.05) is 28.3 Å². The van der Waals surface area contributed by atoms with E-state index in [9.17, 15) is 0 Å². The van der Waals surface area contributed by atoms with E-state index in [0.29, 0.717) is 0 Å². The number of fused-ring (bicyclic) bond motifs is 3. The molecule has 6 aromatic rings. The van der Waals surface area contributed by atoms with Gasteiger partial charge in [-0.1, -0.05) is 36.4 Å². The Bertz CT molecular complexity index is 1500. The first-order chi connectivity index (χ1) is 15.4. The lowest BCUT2D eigenvalue weighted by atomic mass is 10.1. The third-order valence-electron chi connectivity index (χ3n) is 5.37. The predicted molar refractivity (Wildman–Crippen MR) is 123 cm³/mol. The SMILES string of the molecule is c1ccc(-n2c3ccccc3c3ccc(Nc4cccc(-n5cncn5)c4)cc32)nc1. The van der Waals surface area contributed by atoms with E-state index in [1.165, 1.54) is 17.1 Å². The number of para-hydroxylation sites is 1. The van der Waals surface area contributed by atoms with E-state index in [0.717, 1.165) is 33.9 Å². The molecule has 0 fully saturated rings. The highest BCUT2D eigenvalue weighted by Crippen LogP contribution is 2.33. The Labute approximate surface area is 178 Å². The molecule has 0 aliphatic heterocycles. The van der Waals surface area contributed by atoms with Gasteiger partial charge in [0.1, 0.15) is 18.5 Å². The van der Waals surface area contributed by atoms with Crippen LogP contribution in [0.1, 0.15) is 0 Å². The molecule has 0 atom stereocenters. The van der Waals surface area contributed by atoms with Crippen molar-refractivity contribution < 1.29 is 0 Å². The normalized spacial score (nSPS) is 11.2. The number of hydrogen-bond donors (Lipinski definition) is 1. The molecule has 0 aliphatic carbocycles. The highest BCUT2D eigenvalue weighted by Gasteiger charge is 2.13. The number of nitrogens with one attached hydrogen (secondary N) is 1. The molecule has 0 bridgehead atoms. The molecule has 6 rings (SSSR count). The van der Waals surface area contributed by atoms with Crippen LogP contribution in [-0.4, -0.2) is 24.3 Å². The lowest BCUT2D eigenvalue weighted by molar-refractivity contribution is 0.879. The second-order valence-corrected chi connectivity index (χ2v) is 7.29. The zero-order chi connectivity index (χ0) is 20.6. The fraction of sp³-hybridized carbons (Fsp3) is 0. The van der Waals surface area contributed by atoms with Crippen LogP contribution in [0.5, 0.6) is 0 Å². The van der Waals surface area contributed by atoms with E-state index in [2.05, 4.69) is 67.4 Å². The molecule has 148 valence electrons. The molecule has 0 radical (unpaired) electrons. The maximum Gasteiger partial charge on any atom is 0.138 e. The number of anilines is 2. The molecule has 3 aromatic heterocycles. The Balaban J connectivity index is 1.48. The molecule has 3 aromatic carbocycles. The van der Waals surface area contributed by atoms with Crippen LogP contribution in [0.4, 0.5) is 11.4 Å². The van der Waals surface area contributed by atoms with Crippen LogP contribution in [-0.2, 0) is 0 Å². The van der Waals surface area contributed by atoms with Gasteiger partial charge in [0.15, 0.2) is 0 Å². The van der Waals surface area contributed by atoms with Crippen molar-refractivity contribution in [1.29, 1.82) is 0 Å². The van der Waals surface area contributed by atoms with Crippen molar-refractivity contribution in [2.75, 3.05) is 5.32 Å². The molecule has 3 heterocycles. The Morgan fingerprint density at radius 1 is 0.710 bits per heavy atom. The fourth-order valence-corrected chi connectivity index (χ4v) is 4.02. The molecule has 0 saturated heterocycles. The Kier molecular flexibility index (Phi) is 3.99. The van der Waals surface area contributed by atoms with Gasteiger partial charge in [0.05, 0.1) is 16.7 Å². The van der Waals surface area contributed by atoms with Crippen LogP contribution >= 0.6 is 0 Å². The summed E-state index contributed by atoms with van der Waals surface area (Å²) >= 11 is 0. The van der Waals surface area contributed by atoms with Crippen molar-refractivity contribution in [1.82, 2.24) is 24.3 Å². The third-order valence-corrected chi connectivity index (χ3v) is 5.37. The van der Waals surface area contributed by atoms with Gasteiger partial charge in [-0.25, -0.2) is 14.6 Å². The number of pyridine rings is 1. The summed E-state index contributed by atoms with van der Waals surface area (Å²) in [5.74, 6) is 0.902. The number of aromatic nitrogens is 5. The molecule has 0 spiro atoms. The Hall–Kier alpha value is -4.45. The fourth-order valence-electron chi connectivity index (χ4n) is 4.02. The summed E-state index contributed by atoms with van der Waals surface area (Å²) < 4.78 is 3.95. The van der Waals surface area contributed by atoms with E-state index in [1.54, 1.807) is 11.0 Å². The van der Waals surface area contributed by atoms with E-state index in [4.69, 9.17) is 0 Å². The molecule has 6 heteroatoms. The molecule has 6 nitrogen and oxygen atoms in total. The van der Waals surface area contributed by atoms with Crippen LogP contribution in [0.25, 0.3) is 33.3 Å². The van der Waals surface area contributed by atoms with Gasteiger partial charge in [-0.05, 0) is 48.5 Å². The first-order valence-corrected chi connectivity index (χ1v) is 10.0. The van der Waals surface area contributed by atoms with Gasteiger partial charge in [-0.15, -0.1) is 0 Å². The van der Waals surface area contributed by atoms with Crippen LogP contribution in [0.15, 0.2) is 104 Å². The summed E-state index contributed by atoms with van der Waals surface area (Å²) in [6.45, 7) is 0. The maximum absolute atomic E-state index is 4.60. The Morgan fingerprint density at radius 3 is 2.45 bits per heavy atom. The molecule has 0 aliphatic rings. The zero-order valence-corrected chi connectivity index (χ0v) is 16.6. The van der Waals surface area contributed by atoms with Crippen LogP contribution < -0.4 is 5.32 Å². The number of benzene rings is 3. The monoisotopic (exact) mass is 402 g/mol. The van der Waals surface area contributed by atoms with Gasteiger partial charge in [0.2, 0.25) is 0 Å². The first kappa shape index (κ1) is 17.4. The Morgan fingerprint density at radius 2 is 1.58 bits per heavy atom.